The maximum absolute atomic E-state index is 13.6. The highest BCUT2D eigenvalue weighted by molar-refractivity contribution is 7.92. The van der Waals surface area contributed by atoms with Crippen molar-refractivity contribution in [3.63, 3.8) is 0 Å². The Balaban J connectivity index is 1.78. The first-order chi connectivity index (χ1) is 18.8. The number of aryl methyl sites for hydroxylation is 1. The molecule has 1 aliphatic carbocycles. The Morgan fingerprint density at radius 3 is 2.35 bits per heavy atom. The van der Waals surface area contributed by atoms with E-state index >= 15 is 0 Å². The van der Waals surface area contributed by atoms with Crippen LogP contribution in [0.1, 0.15) is 68.6 Å². The number of hydrogen-bond donors (Lipinski definition) is 1. The van der Waals surface area contributed by atoms with Gasteiger partial charge in [-0.15, -0.1) is 0 Å². The van der Waals surface area contributed by atoms with E-state index in [1.54, 1.807) is 0 Å². The van der Waals surface area contributed by atoms with Crippen molar-refractivity contribution in [3.8, 4) is 0 Å². The maximum atomic E-state index is 13.6. The highest BCUT2D eigenvalue weighted by Gasteiger charge is 2.33. The number of rotatable bonds is 12. The van der Waals surface area contributed by atoms with E-state index < -0.39 is 27.8 Å². The number of hydrogen-bond acceptors (Lipinski definition) is 4. The number of carbonyl (C=O) groups is 2. The molecule has 1 aliphatic rings. The summed E-state index contributed by atoms with van der Waals surface area (Å²) in [4.78, 5) is 28.4. The van der Waals surface area contributed by atoms with Gasteiger partial charge in [-0.05, 0) is 56.4 Å². The van der Waals surface area contributed by atoms with Crippen molar-refractivity contribution in [1.82, 2.24) is 10.2 Å². The lowest BCUT2D eigenvalue weighted by molar-refractivity contribution is -0.141. The summed E-state index contributed by atoms with van der Waals surface area (Å²) < 4.78 is 65.5. The zero-order chi connectivity index (χ0) is 29.5. The summed E-state index contributed by atoms with van der Waals surface area (Å²) in [5.41, 5.74) is 0.794. The number of nitrogens with one attached hydrogen (secondary N) is 1. The van der Waals surface area contributed by atoms with Crippen molar-refractivity contribution >= 4 is 27.5 Å². The molecule has 1 N–H and O–H groups in total. The van der Waals surface area contributed by atoms with E-state index in [2.05, 4.69) is 5.32 Å². The van der Waals surface area contributed by atoms with Gasteiger partial charge in [-0.1, -0.05) is 55.7 Å². The van der Waals surface area contributed by atoms with Crippen LogP contribution in [0.2, 0.25) is 0 Å². The maximum Gasteiger partial charge on any atom is 0.416 e. The molecule has 1 saturated carbocycles. The lowest BCUT2D eigenvalue weighted by atomic mass is 10.1. The van der Waals surface area contributed by atoms with Gasteiger partial charge in [0, 0.05) is 25.6 Å². The number of halogens is 3. The van der Waals surface area contributed by atoms with Crippen molar-refractivity contribution < 1.29 is 31.2 Å². The van der Waals surface area contributed by atoms with Crippen LogP contribution in [0.4, 0.5) is 18.9 Å². The molecule has 3 rings (SSSR count). The van der Waals surface area contributed by atoms with Gasteiger partial charge in [0.1, 0.15) is 6.04 Å². The van der Waals surface area contributed by atoms with Gasteiger partial charge >= 0.3 is 6.18 Å². The molecule has 0 bridgehead atoms. The second-order valence-electron chi connectivity index (χ2n) is 10.4. The summed E-state index contributed by atoms with van der Waals surface area (Å²) in [7, 11) is -3.92. The Kier molecular flexibility index (Phi) is 10.6. The molecule has 0 heterocycles. The normalized spacial score (nSPS) is 15.1. The third-order valence-corrected chi connectivity index (χ3v) is 8.33. The largest absolute Gasteiger partial charge is 0.416 e. The number of sulfonamides is 1. The highest BCUT2D eigenvalue weighted by Crippen LogP contribution is 2.32. The van der Waals surface area contributed by atoms with E-state index in [0.29, 0.717) is 6.42 Å². The predicted octanol–water partition coefficient (Wildman–Crippen LogP) is 5.43. The van der Waals surface area contributed by atoms with E-state index in [1.165, 1.54) is 11.0 Å². The Labute approximate surface area is 234 Å². The van der Waals surface area contributed by atoms with Crippen LogP contribution in [0.15, 0.2) is 48.5 Å². The zero-order valence-electron chi connectivity index (χ0n) is 23.2. The van der Waals surface area contributed by atoms with E-state index in [1.807, 2.05) is 38.1 Å². The third-order valence-electron chi connectivity index (χ3n) is 7.14. The van der Waals surface area contributed by atoms with Gasteiger partial charge in [-0.3, -0.25) is 13.9 Å². The molecule has 11 heteroatoms. The fourth-order valence-electron chi connectivity index (χ4n) is 5.14. The number of nitrogens with zero attached hydrogens (tertiary/aromatic N) is 2. The van der Waals surface area contributed by atoms with Gasteiger partial charge in [-0.2, -0.15) is 13.2 Å². The summed E-state index contributed by atoms with van der Waals surface area (Å²) in [5.74, 6) is -0.537. The number of benzene rings is 2. The molecule has 0 saturated heterocycles. The Bertz CT molecular complexity index is 1280. The summed E-state index contributed by atoms with van der Waals surface area (Å²) >= 11 is 0. The first kappa shape index (κ1) is 31.4. The molecule has 7 nitrogen and oxygen atoms in total. The third kappa shape index (κ3) is 8.71. The lowest BCUT2D eigenvalue weighted by Crippen LogP contribution is -2.51. The van der Waals surface area contributed by atoms with Gasteiger partial charge in [-0.25, -0.2) is 8.42 Å². The summed E-state index contributed by atoms with van der Waals surface area (Å²) in [6.45, 7) is 3.80. The Morgan fingerprint density at radius 1 is 1.07 bits per heavy atom. The van der Waals surface area contributed by atoms with Crippen molar-refractivity contribution in [3.05, 3.63) is 65.2 Å². The van der Waals surface area contributed by atoms with Gasteiger partial charge in [0.25, 0.3) is 0 Å². The molecule has 0 radical (unpaired) electrons. The average Bonchev–Trinajstić information content (AvgIpc) is 3.38. The molecule has 0 aromatic heterocycles. The number of amides is 2. The number of anilines is 1. The Morgan fingerprint density at radius 2 is 1.75 bits per heavy atom. The molecule has 2 aromatic rings. The quantitative estimate of drug-likeness (QED) is 0.362. The summed E-state index contributed by atoms with van der Waals surface area (Å²) in [5, 5.41) is 3.08. The molecular formula is C29H38F3N3O4S. The zero-order valence-corrected chi connectivity index (χ0v) is 24.0. The van der Waals surface area contributed by atoms with Crippen LogP contribution in [-0.4, -0.2) is 50.0 Å². The smallest absolute Gasteiger partial charge is 0.352 e. The Hall–Kier alpha value is -3.08. The van der Waals surface area contributed by atoms with Crippen molar-refractivity contribution in [1.29, 1.82) is 0 Å². The minimum Gasteiger partial charge on any atom is -0.352 e. The first-order valence-electron chi connectivity index (χ1n) is 13.6. The minimum atomic E-state index is -4.63. The van der Waals surface area contributed by atoms with E-state index in [9.17, 15) is 31.2 Å². The molecule has 2 aromatic carbocycles. The first-order valence-corrected chi connectivity index (χ1v) is 15.4. The molecule has 40 heavy (non-hydrogen) atoms. The minimum absolute atomic E-state index is 0.0626. The van der Waals surface area contributed by atoms with Gasteiger partial charge in [0.2, 0.25) is 21.8 Å². The van der Waals surface area contributed by atoms with E-state index in [0.717, 1.165) is 65.6 Å². The molecule has 1 atom stereocenters. The summed E-state index contributed by atoms with van der Waals surface area (Å²) in [6.07, 6.45) is 0.592. The average molecular weight is 582 g/mol. The number of alkyl halides is 3. The molecule has 0 unspecified atom stereocenters. The SMILES string of the molecule is CC[C@@H](C(=O)NC1CCCC1)N(Cc1cccc(C)c1)C(=O)CCCN(c1cccc(C(F)(F)F)c1)S(C)(=O)=O. The van der Waals surface area contributed by atoms with Crippen LogP contribution in [0.5, 0.6) is 0 Å². The lowest BCUT2D eigenvalue weighted by Gasteiger charge is -2.32. The van der Waals surface area contributed by atoms with E-state index in [-0.39, 0.29) is 49.5 Å². The molecule has 0 aliphatic heterocycles. The fourth-order valence-corrected chi connectivity index (χ4v) is 6.09. The topological polar surface area (TPSA) is 86.8 Å². The van der Waals surface area contributed by atoms with Gasteiger partial charge in [0.15, 0.2) is 0 Å². The van der Waals surface area contributed by atoms with Gasteiger partial charge in [0.05, 0.1) is 17.5 Å². The summed E-state index contributed by atoms with van der Waals surface area (Å²) in [6, 6.07) is 11.1. The molecule has 220 valence electrons. The number of carbonyl (C=O) groups excluding carboxylic acids is 2. The monoisotopic (exact) mass is 581 g/mol. The van der Waals surface area contributed by atoms with Crippen LogP contribution in [0.3, 0.4) is 0 Å². The second-order valence-corrected chi connectivity index (χ2v) is 12.3. The standard InChI is InChI=1S/C29H38F3N3O4S/c1-4-26(28(37)33-24-13-5-6-14-24)34(20-22-11-7-10-21(2)18-22)27(36)16-9-17-35(40(3,38)39)25-15-8-12-23(19-25)29(30,31)32/h7-8,10-12,15,18-19,24,26H,4-6,9,13-14,16-17,20H2,1-3H3,(H,33,37)/t26-/m0/s1. The molecular weight excluding hydrogens is 543 g/mol. The van der Waals surface area contributed by atoms with E-state index in [4.69, 9.17) is 0 Å². The van der Waals surface area contributed by atoms with Crippen LogP contribution in [0.25, 0.3) is 0 Å². The van der Waals surface area contributed by atoms with Crippen LogP contribution < -0.4 is 9.62 Å². The van der Waals surface area contributed by atoms with Crippen molar-refractivity contribution in [2.75, 3.05) is 17.1 Å². The predicted molar refractivity (Wildman–Crippen MR) is 149 cm³/mol. The van der Waals surface area contributed by atoms with Crippen molar-refractivity contribution in [2.24, 2.45) is 0 Å². The van der Waals surface area contributed by atoms with Crippen molar-refractivity contribution in [2.45, 2.75) is 83.6 Å². The second kappa shape index (κ2) is 13.5. The molecule has 1 fully saturated rings. The highest BCUT2D eigenvalue weighted by atomic mass is 32.2. The van der Waals surface area contributed by atoms with Crippen LogP contribution in [0, 0.1) is 6.92 Å². The van der Waals surface area contributed by atoms with Crippen LogP contribution >= 0.6 is 0 Å². The van der Waals surface area contributed by atoms with Crippen LogP contribution in [-0.2, 0) is 32.3 Å². The molecule has 0 spiro atoms. The molecule has 2 amide bonds. The van der Waals surface area contributed by atoms with Gasteiger partial charge < -0.3 is 10.2 Å². The fraction of sp³-hybridized carbons (Fsp3) is 0.517.